The van der Waals surface area contributed by atoms with Gasteiger partial charge in [0.25, 0.3) is 0 Å². The van der Waals surface area contributed by atoms with Crippen LogP contribution >= 0.6 is 0 Å². The molecule has 0 saturated heterocycles. The maximum atomic E-state index is 5.97. The number of ether oxygens (including phenoxy) is 1. The van der Waals surface area contributed by atoms with E-state index in [4.69, 9.17) is 4.74 Å². The van der Waals surface area contributed by atoms with Crippen LogP contribution in [0.1, 0.15) is 37.8 Å². The summed E-state index contributed by atoms with van der Waals surface area (Å²) in [5.74, 6) is 1.17. The molecule has 1 aromatic rings. The highest BCUT2D eigenvalue weighted by Crippen LogP contribution is 2.32. The van der Waals surface area contributed by atoms with E-state index in [-0.39, 0.29) is 0 Å². The van der Waals surface area contributed by atoms with Gasteiger partial charge in [-0.05, 0) is 36.8 Å². The van der Waals surface area contributed by atoms with Gasteiger partial charge in [0.2, 0.25) is 0 Å². The van der Waals surface area contributed by atoms with Crippen molar-refractivity contribution in [1.82, 2.24) is 0 Å². The molecule has 0 unspecified atom stereocenters. The van der Waals surface area contributed by atoms with Crippen molar-refractivity contribution in [2.75, 3.05) is 0 Å². The van der Waals surface area contributed by atoms with Gasteiger partial charge in [-0.2, -0.15) is 0 Å². The summed E-state index contributed by atoms with van der Waals surface area (Å²) in [5, 5.41) is 0. The first-order valence-corrected chi connectivity index (χ1v) is 5.62. The van der Waals surface area contributed by atoms with Crippen molar-refractivity contribution in [3.05, 3.63) is 29.3 Å². The van der Waals surface area contributed by atoms with Crippen LogP contribution < -0.4 is 4.74 Å². The van der Waals surface area contributed by atoms with Crippen molar-refractivity contribution >= 4 is 0 Å². The van der Waals surface area contributed by atoms with E-state index >= 15 is 0 Å². The highest BCUT2D eigenvalue weighted by molar-refractivity contribution is 5.42. The fourth-order valence-electron chi connectivity index (χ4n) is 1.70. The van der Waals surface area contributed by atoms with Gasteiger partial charge in [0.15, 0.2) is 0 Å². The summed E-state index contributed by atoms with van der Waals surface area (Å²) in [6, 6.07) is 6.49. The Morgan fingerprint density at radius 3 is 2.14 bits per heavy atom. The van der Waals surface area contributed by atoms with E-state index in [9.17, 15) is 0 Å². The standard InChI is InChI=1S/C13H18O/c1-3-10-6-5-7-11(4-2)13(10)14-12-8-9-12/h5-7,12H,3-4,8-9H2,1-2H3. The summed E-state index contributed by atoms with van der Waals surface area (Å²) in [7, 11) is 0. The van der Waals surface area contributed by atoms with Crippen molar-refractivity contribution in [3.8, 4) is 5.75 Å². The predicted octanol–water partition coefficient (Wildman–Crippen LogP) is 3.35. The zero-order valence-electron chi connectivity index (χ0n) is 9.05. The molecule has 14 heavy (non-hydrogen) atoms. The zero-order valence-corrected chi connectivity index (χ0v) is 9.05. The third-order valence-corrected chi connectivity index (χ3v) is 2.75. The minimum Gasteiger partial charge on any atom is -0.490 e. The van der Waals surface area contributed by atoms with Crippen LogP contribution in [0, 0.1) is 0 Å². The molecule has 1 heteroatoms. The monoisotopic (exact) mass is 190 g/mol. The molecule has 1 saturated carbocycles. The minimum atomic E-state index is 0.507. The lowest BCUT2D eigenvalue weighted by molar-refractivity contribution is 0.297. The molecule has 0 heterocycles. The Morgan fingerprint density at radius 1 is 1.14 bits per heavy atom. The lowest BCUT2D eigenvalue weighted by atomic mass is 10.1. The van der Waals surface area contributed by atoms with E-state index in [0.29, 0.717) is 6.10 Å². The molecule has 1 aliphatic rings. The fraction of sp³-hybridized carbons (Fsp3) is 0.538. The molecule has 0 aliphatic heterocycles. The fourth-order valence-corrected chi connectivity index (χ4v) is 1.70. The molecule has 0 radical (unpaired) electrons. The predicted molar refractivity (Wildman–Crippen MR) is 58.8 cm³/mol. The van der Waals surface area contributed by atoms with Crippen molar-refractivity contribution in [2.45, 2.75) is 45.6 Å². The first-order chi connectivity index (χ1) is 6.85. The summed E-state index contributed by atoms with van der Waals surface area (Å²) >= 11 is 0. The number of rotatable bonds is 4. The van der Waals surface area contributed by atoms with Gasteiger partial charge in [0.05, 0.1) is 6.10 Å². The van der Waals surface area contributed by atoms with Crippen LogP contribution in [0.4, 0.5) is 0 Å². The molecule has 1 nitrogen and oxygen atoms in total. The third kappa shape index (κ3) is 1.92. The van der Waals surface area contributed by atoms with Crippen LogP contribution in [-0.2, 0) is 12.8 Å². The number of hydrogen-bond acceptors (Lipinski definition) is 1. The van der Waals surface area contributed by atoms with Gasteiger partial charge in [-0.25, -0.2) is 0 Å². The Balaban J connectivity index is 2.29. The Bertz CT molecular complexity index is 291. The molecular formula is C13H18O. The molecule has 0 bridgehead atoms. The van der Waals surface area contributed by atoms with Crippen molar-refractivity contribution in [2.24, 2.45) is 0 Å². The summed E-state index contributed by atoms with van der Waals surface area (Å²) in [5.41, 5.74) is 2.72. The largest absolute Gasteiger partial charge is 0.490 e. The molecule has 0 N–H and O–H groups in total. The van der Waals surface area contributed by atoms with Crippen LogP contribution in [0.3, 0.4) is 0 Å². The van der Waals surface area contributed by atoms with E-state index in [0.717, 1.165) is 12.8 Å². The average molecular weight is 190 g/mol. The van der Waals surface area contributed by atoms with Crippen LogP contribution in [-0.4, -0.2) is 6.10 Å². The Kier molecular flexibility index (Phi) is 2.76. The van der Waals surface area contributed by atoms with Crippen LogP contribution in [0.5, 0.6) is 5.75 Å². The molecule has 1 aromatic carbocycles. The average Bonchev–Trinajstić information content (AvgIpc) is 3.02. The summed E-state index contributed by atoms with van der Waals surface area (Å²) < 4.78 is 5.97. The second-order valence-electron chi connectivity index (χ2n) is 3.93. The van der Waals surface area contributed by atoms with Gasteiger partial charge in [0, 0.05) is 0 Å². The van der Waals surface area contributed by atoms with Gasteiger partial charge in [-0.1, -0.05) is 32.0 Å². The first-order valence-electron chi connectivity index (χ1n) is 5.62. The topological polar surface area (TPSA) is 9.23 Å². The first kappa shape index (κ1) is 9.57. The second-order valence-corrected chi connectivity index (χ2v) is 3.93. The number of hydrogen-bond donors (Lipinski definition) is 0. The van der Waals surface area contributed by atoms with Gasteiger partial charge < -0.3 is 4.74 Å². The maximum Gasteiger partial charge on any atom is 0.126 e. The van der Waals surface area contributed by atoms with Gasteiger partial charge in [-0.15, -0.1) is 0 Å². The SMILES string of the molecule is CCc1cccc(CC)c1OC1CC1. The molecular weight excluding hydrogens is 172 g/mol. The van der Waals surface area contributed by atoms with E-state index in [1.54, 1.807) is 0 Å². The smallest absolute Gasteiger partial charge is 0.126 e. The molecule has 1 fully saturated rings. The summed E-state index contributed by atoms with van der Waals surface area (Å²) in [6.07, 6.45) is 5.11. The van der Waals surface area contributed by atoms with Gasteiger partial charge >= 0.3 is 0 Å². The lowest BCUT2D eigenvalue weighted by Crippen LogP contribution is -2.02. The molecule has 0 atom stereocenters. The molecule has 76 valence electrons. The number of benzene rings is 1. The summed E-state index contributed by atoms with van der Waals surface area (Å²) in [6.45, 7) is 4.38. The quantitative estimate of drug-likeness (QED) is 0.707. The highest BCUT2D eigenvalue weighted by atomic mass is 16.5. The number of aryl methyl sites for hydroxylation is 2. The third-order valence-electron chi connectivity index (χ3n) is 2.75. The molecule has 0 amide bonds. The van der Waals surface area contributed by atoms with Crippen LogP contribution in [0.2, 0.25) is 0 Å². The van der Waals surface area contributed by atoms with Crippen LogP contribution in [0.25, 0.3) is 0 Å². The lowest BCUT2D eigenvalue weighted by Gasteiger charge is -2.13. The van der Waals surface area contributed by atoms with Crippen molar-refractivity contribution in [1.29, 1.82) is 0 Å². The maximum absolute atomic E-state index is 5.97. The molecule has 2 rings (SSSR count). The molecule has 1 aliphatic carbocycles. The Morgan fingerprint density at radius 2 is 1.71 bits per heavy atom. The minimum absolute atomic E-state index is 0.507. The number of para-hydroxylation sites is 1. The molecule has 0 spiro atoms. The van der Waals surface area contributed by atoms with E-state index in [2.05, 4.69) is 32.0 Å². The van der Waals surface area contributed by atoms with E-state index in [1.807, 2.05) is 0 Å². The highest BCUT2D eigenvalue weighted by Gasteiger charge is 2.25. The zero-order chi connectivity index (χ0) is 9.97. The second kappa shape index (κ2) is 4.04. The van der Waals surface area contributed by atoms with Gasteiger partial charge in [-0.3, -0.25) is 0 Å². The normalized spacial score (nSPS) is 15.6. The van der Waals surface area contributed by atoms with E-state index < -0.39 is 0 Å². The molecule has 0 aromatic heterocycles. The van der Waals surface area contributed by atoms with E-state index in [1.165, 1.54) is 29.7 Å². The van der Waals surface area contributed by atoms with Crippen LogP contribution in [0.15, 0.2) is 18.2 Å². The van der Waals surface area contributed by atoms with Crippen molar-refractivity contribution < 1.29 is 4.74 Å². The Hall–Kier alpha value is -0.980. The summed E-state index contributed by atoms with van der Waals surface area (Å²) in [4.78, 5) is 0. The van der Waals surface area contributed by atoms with Gasteiger partial charge in [0.1, 0.15) is 5.75 Å². The Labute approximate surface area is 86.1 Å². The van der Waals surface area contributed by atoms with Crippen molar-refractivity contribution in [3.63, 3.8) is 0 Å².